The summed E-state index contributed by atoms with van der Waals surface area (Å²) in [6.45, 7) is 6.73. The van der Waals surface area contributed by atoms with Gasteiger partial charge in [-0.25, -0.2) is 0 Å². The molecule has 1 saturated carbocycles. The topological polar surface area (TPSA) is 38.3 Å². The molecule has 0 aromatic carbocycles. The molecule has 80 valence electrons. The molecular weight excluding hydrogens is 178 g/mol. The lowest BCUT2D eigenvalue weighted by molar-refractivity contribution is -0.160. The summed E-state index contributed by atoms with van der Waals surface area (Å²) in [6.07, 6.45) is 3.21. The zero-order chi connectivity index (χ0) is 10.4. The number of carbonyl (C=O) groups is 1. The number of rotatable bonds is 1. The molecule has 1 spiro atoms. The number of hydrogen-bond donors (Lipinski definition) is 1. The predicted molar refractivity (Wildman–Crippen MR) is 53.9 cm³/mol. The Hall–Kier alpha value is -0.570. The van der Waals surface area contributed by atoms with E-state index in [0.29, 0.717) is 0 Å². The Kier molecular flexibility index (Phi) is 2.11. The molecule has 0 aromatic heterocycles. The standard InChI is InChI=1S/C11H19NO2/c1-10(2,3)14-9(13)8-4-7-12-11(8)5-6-11/h8,12H,4-7H2,1-3H3. The molecule has 2 fully saturated rings. The maximum atomic E-state index is 11.9. The monoisotopic (exact) mass is 197 g/mol. The molecule has 2 rings (SSSR count). The van der Waals surface area contributed by atoms with Crippen LogP contribution in [0.15, 0.2) is 0 Å². The summed E-state index contributed by atoms with van der Waals surface area (Å²) >= 11 is 0. The quantitative estimate of drug-likeness (QED) is 0.647. The summed E-state index contributed by atoms with van der Waals surface area (Å²) < 4.78 is 5.42. The maximum Gasteiger partial charge on any atom is 0.311 e. The van der Waals surface area contributed by atoms with Crippen LogP contribution < -0.4 is 5.32 Å². The first-order valence-electron chi connectivity index (χ1n) is 5.41. The Balaban J connectivity index is 1.98. The summed E-state index contributed by atoms with van der Waals surface area (Å²) in [5.74, 6) is 0.0849. The van der Waals surface area contributed by atoms with E-state index in [4.69, 9.17) is 4.74 Å². The Bertz CT molecular complexity index is 251. The lowest BCUT2D eigenvalue weighted by Crippen LogP contribution is -2.37. The Morgan fingerprint density at radius 2 is 2.07 bits per heavy atom. The average Bonchev–Trinajstić information content (AvgIpc) is 2.58. The highest BCUT2D eigenvalue weighted by molar-refractivity contribution is 5.76. The summed E-state index contributed by atoms with van der Waals surface area (Å²) in [7, 11) is 0. The van der Waals surface area contributed by atoms with Crippen LogP contribution in [-0.4, -0.2) is 23.7 Å². The highest BCUT2D eigenvalue weighted by Crippen LogP contribution is 2.47. The van der Waals surface area contributed by atoms with Crippen molar-refractivity contribution in [1.29, 1.82) is 0 Å². The third-order valence-electron chi connectivity index (χ3n) is 3.06. The Morgan fingerprint density at radius 3 is 2.57 bits per heavy atom. The number of ether oxygens (including phenoxy) is 1. The number of carbonyl (C=O) groups excluding carboxylic acids is 1. The summed E-state index contributed by atoms with van der Waals surface area (Å²) in [6, 6.07) is 0. The van der Waals surface area contributed by atoms with Crippen LogP contribution in [0.1, 0.15) is 40.0 Å². The third kappa shape index (κ3) is 1.78. The highest BCUT2D eigenvalue weighted by atomic mass is 16.6. The van der Waals surface area contributed by atoms with E-state index in [1.165, 1.54) is 0 Å². The lowest BCUT2D eigenvalue weighted by atomic mass is 9.98. The van der Waals surface area contributed by atoms with Crippen molar-refractivity contribution in [2.24, 2.45) is 5.92 Å². The van der Waals surface area contributed by atoms with Gasteiger partial charge in [0.05, 0.1) is 5.92 Å². The van der Waals surface area contributed by atoms with Gasteiger partial charge in [0.2, 0.25) is 0 Å². The minimum atomic E-state index is -0.351. The van der Waals surface area contributed by atoms with Gasteiger partial charge in [-0.2, -0.15) is 0 Å². The van der Waals surface area contributed by atoms with Crippen LogP contribution >= 0.6 is 0 Å². The van der Waals surface area contributed by atoms with Crippen molar-refractivity contribution in [2.75, 3.05) is 6.54 Å². The molecule has 2 aliphatic rings. The molecule has 1 atom stereocenters. The zero-order valence-corrected chi connectivity index (χ0v) is 9.22. The van der Waals surface area contributed by atoms with Crippen LogP contribution in [0.2, 0.25) is 0 Å². The first kappa shape index (κ1) is 9.97. The minimum absolute atomic E-state index is 0.0139. The fourth-order valence-corrected chi connectivity index (χ4v) is 2.24. The van der Waals surface area contributed by atoms with Crippen LogP contribution in [0.5, 0.6) is 0 Å². The van der Waals surface area contributed by atoms with Crippen LogP contribution in [0, 0.1) is 5.92 Å². The SMILES string of the molecule is CC(C)(C)OC(=O)C1CCNC12CC2. The normalized spacial score (nSPS) is 29.2. The van der Waals surface area contributed by atoms with Gasteiger partial charge in [0, 0.05) is 5.54 Å². The first-order valence-corrected chi connectivity index (χ1v) is 5.41. The van der Waals surface area contributed by atoms with Gasteiger partial charge in [0.15, 0.2) is 0 Å². The molecule has 1 saturated heterocycles. The lowest BCUT2D eigenvalue weighted by Gasteiger charge is -2.24. The number of esters is 1. The molecular formula is C11H19NO2. The number of hydrogen-bond acceptors (Lipinski definition) is 3. The van der Waals surface area contributed by atoms with E-state index in [0.717, 1.165) is 25.8 Å². The minimum Gasteiger partial charge on any atom is -0.460 e. The second-order valence-electron chi connectivity index (χ2n) is 5.46. The fraction of sp³-hybridized carbons (Fsp3) is 0.909. The van der Waals surface area contributed by atoms with E-state index in [-0.39, 0.29) is 23.0 Å². The predicted octanol–water partition coefficient (Wildman–Crippen LogP) is 1.47. The van der Waals surface area contributed by atoms with E-state index in [1.807, 2.05) is 20.8 Å². The van der Waals surface area contributed by atoms with Crippen LogP contribution in [-0.2, 0) is 9.53 Å². The molecule has 0 amide bonds. The van der Waals surface area contributed by atoms with Gasteiger partial charge >= 0.3 is 5.97 Å². The van der Waals surface area contributed by atoms with E-state index in [2.05, 4.69) is 5.32 Å². The molecule has 3 heteroatoms. The van der Waals surface area contributed by atoms with Crippen molar-refractivity contribution < 1.29 is 9.53 Å². The van der Waals surface area contributed by atoms with Gasteiger partial charge in [-0.05, 0) is 46.6 Å². The molecule has 1 unspecified atom stereocenters. The van der Waals surface area contributed by atoms with E-state index in [1.54, 1.807) is 0 Å². The van der Waals surface area contributed by atoms with Crippen LogP contribution in [0.25, 0.3) is 0 Å². The van der Waals surface area contributed by atoms with Gasteiger partial charge in [-0.15, -0.1) is 0 Å². The molecule has 0 radical (unpaired) electrons. The van der Waals surface area contributed by atoms with Crippen LogP contribution in [0.3, 0.4) is 0 Å². The molecule has 0 bridgehead atoms. The smallest absolute Gasteiger partial charge is 0.311 e. The maximum absolute atomic E-state index is 11.9. The third-order valence-corrected chi connectivity index (χ3v) is 3.06. The summed E-state index contributed by atoms with van der Waals surface area (Å²) in [5, 5.41) is 3.42. The molecule has 1 N–H and O–H groups in total. The van der Waals surface area contributed by atoms with Gasteiger partial charge in [0.25, 0.3) is 0 Å². The van der Waals surface area contributed by atoms with Crippen molar-refractivity contribution in [2.45, 2.75) is 51.2 Å². The van der Waals surface area contributed by atoms with Crippen molar-refractivity contribution >= 4 is 5.97 Å². The Morgan fingerprint density at radius 1 is 1.43 bits per heavy atom. The van der Waals surface area contributed by atoms with Crippen molar-refractivity contribution in [3.8, 4) is 0 Å². The zero-order valence-electron chi connectivity index (χ0n) is 9.22. The van der Waals surface area contributed by atoms with Gasteiger partial charge in [-0.3, -0.25) is 4.79 Å². The second-order valence-corrected chi connectivity index (χ2v) is 5.46. The second kappa shape index (κ2) is 2.96. The number of nitrogens with one attached hydrogen (secondary N) is 1. The highest BCUT2D eigenvalue weighted by Gasteiger charge is 2.56. The largest absolute Gasteiger partial charge is 0.460 e. The van der Waals surface area contributed by atoms with Crippen molar-refractivity contribution in [3.05, 3.63) is 0 Å². The first-order chi connectivity index (χ1) is 6.43. The van der Waals surface area contributed by atoms with E-state index < -0.39 is 0 Å². The van der Waals surface area contributed by atoms with E-state index >= 15 is 0 Å². The van der Waals surface area contributed by atoms with Crippen molar-refractivity contribution in [1.82, 2.24) is 5.32 Å². The molecule has 1 aliphatic carbocycles. The molecule has 1 aliphatic heterocycles. The van der Waals surface area contributed by atoms with Gasteiger partial charge in [0.1, 0.15) is 5.60 Å². The molecule has 14 heavy (non-hydrogen) atoms. The Labute approximate surface area is 85.2 Å². The molecule has 1 heterocycles. The molecule has 3 nitrogen and oxygen atoms in total. The van der Waals surface area contributed by atoms with Gasteiger partial charge < -0.3 is 10.1 Å². The summed E-state index contributed by atoms with van der Waals surface area (Å²) in [4.78, 5) is 11.9. The van der Waals surface area contributed by atoms with Crippen LogP contribution in [0.4, 0.5) is 0 Å². The molecule has 0 aromatic rings. The van der Waals surface area contributed by atoms with Gasteiger partial charge in [-0.1, -0.05) is 0 Å². The summed E-state index contributed by atoms with van der Waals surface area (Å²) in [5.41, 5.74) is -0.224. The fourth-order valence-electron chi connectivity index (χ4n) is 2.24. The van der Waals surface area contributed by atoms with E-state index in [9.17, 15) is 4.79 Å². The average molecular weight is 197 g/mol. The van der Waals surface area contributed by atoms with Crippen molar-refractivity contribution in [3.63, 3.8) is 0 Å².